The van der Waals surface area contributed by atoms with E-state index in [2.05, 4.69) is 20.2 Å². The summed E-state index contributed by atoms with van der Waals surface area (Å²) in [4.78, 5) is 37.9. The number of amides is 2. The molecule has 2 saturated heterocycles. The maximum atomic E-state index is 12.6. The lowest BCUT2D eigenvalue weighted by molar-refractivity contribution is -0.153. The fourth-order valence-corrected chi connectivity index (χ4v) is 5.10. The van der Waals surface area contributed by atoms with Crippen molar-refractivity contribution in [3.63, 3.8) is 0 Å². The minimum atomic E-state index is -0.00558. The van der Waals surface area contributed by atoms with Gasteiger partial charge in [0.1, 0.15) is 5.82 Å². The highest BCUT2D eigenvalue weighted by molar-refractivity contribution is 5.98. The molecule has 1 spiro atoms. The van der Waals surface area contributed by atoms with Crippen LogP contribution in [0.4, 0.5) is 0 Å². The number of piperidine rings is 1. The minimum absolute atomic E-state index is 0.00558. The van der Waals surface area contributed by atoms with Crippen molar-refractivity contribution in [3.05, 3.63) is 24.3 Å². The van der Waals surface area contributed by atoms with Gasteiger partial charge in [0, 0.05) is 51.4 Å². The molecule has 0 radical (unpaired) electrons. The maximum absolute atomic E-state index is 12.6. The summed E-state index contributed by atoms with van der Waals surface area (Å²) < 4.78 is 0. The molecule has 1 aliphatic carbocycles. The molecule has 7 nitrogen and oxygen atoms in total. The van der Waals surface area contributed by atoms with Crippen LogP contribution in [0, 0.1) is 5.41 Å². The number of imide groups is 1. The summed E-state index contributed by atoms with van der Waals surface area (Å²) in [5.74, 6) is 0.963. The smallest absolute Gasteiger partial charge is 0.229 e. The van der Waals surface area contributed by atoms with Crippen molar-refractivity contribution in [3.8, 4) is 0 Å². The van der Waals surface area contributed by atoms with Crippen LogP contribution in [0.25, 0.3) is 0 Å². The summed E-state index contributed by atoms with van der Waals surface area (Å²) in [6.45, 7) is 4.29. The van der Waals surface area contributed by atoms with E-state index in [1.54, 1.807) is 12.4 Å². The summed E-state index contributed by atoms with van der Waals surface area (Å²) in [6.07, 6.45) is 11.0. The van der Waals surface area contributed by atoms with Gasteiger partial charge in [0.25, 0.3) is 0 Å². The normalized spacial score (nSPS) is 25.6. The first kappa shape index (κ1) is 19.5. The second kappa shape index (κ2) is 8.66. The van der Waals surface area contributed by atoms with Gasteiger partial charge < -0.3 is 5.32 Å². The summed E-state index contributed by atoms with van der Waals surface area (Å²) in [5.41, 5.74) is -0.00558. The molecule has 3 fully saturated rings. The standard InChI is InChI=1S/C21H31N5O2/c27-18-14-21(6-1-2-7-21)15-19(28)26(18)12-4-3-11-25-13-10-22-16-17(25)20-23-8-5-9-24-20/h5,8-9,17,22H,1-4,6-7,10-16H2. The van der Waals surface area contributed by atoms with E-state index in [1.807, 2.05) is 6.07 Å². The fraction of sp³-hybridized carbons (Fsp3) is 0.714. The molecule has 28 heavy (non-hydrogen) atoms. The van der Waals surface area contributed by atoms with Crippen molar-refractivity contribution < 1.29 is 9.59 Å². The lowest BCUT2D eigenvalue weighted by Crippen LogP contribution is -2.48. The number of nitrogens with zero attached hydrogens (tertiary/aromatic N) is 4. The molecule has 2 aliphatic heterocycles. The zero-order chi connectivity index (χ0) is 19.4. The Morgan fingerprint density at radius 2 is 1.71 bits per heavy atom. The first-order valence-corrected chi connectivity index (χ1v) is 10.7. The van der Waals surface area contributed by atoms with Crippen molar-refractivity contribution in [2.45, 2.75) is 57.4 Å². The van der Waals surface area contributed by atoms with E-state index in [4.69, 9.17) is 0 Å². The summed E-state index contributed by atoms with van der Waals surface area (Å²) >= 11 is 0. The Morgan fingerprint density at radius 1 is 1.04 bits per heavy atom. The Labute approximate surface area is 166 Å². The third kappa shape index (κ3) is 4.25. The molecule has 1 atom stereocenters. The van der Waals surface area contributed by atoms with Crippen molar-refractivity contribution in [2.24, 2.45) is 5.41 Å². The highest BCUT2D eigenvalue weighted by Crippen LogP contribution is 2.46. The van der Waals surface area contributed by atoms with Gasteiger partial charge in [-0.2, -0.15) is 0 Å². The Hall–Kier alpha value is -1.86. The SMILES string of the molecule is O=C1CC2(CCCC2)CC(=O)N1CCCCN1CCNCC1c1ncccn1. The van der Waals surface area contributed by atoms with Gasteiger partial charge in [0.2, 0.25) is 11.8 Å². The second-order valence-electron chi connectivity index (χ2n) is 8.57. The molecule has 3 aliphatic rings. The van der Waals surface area contributed by atoms with Gasteiger partial charge in [0.05, 0.1) is 6.04 Å². The molecule has 3 heterocycles. The van der Waals surface area contributed by atoms with Gasteiger partial charge >= 0.3 is 0 Å². The first-order valence-electron chi connectivity index (χ1n) is 10.7. The summed E-state index contributed by atoms with van der Waals surface area (Å²) in [7, 11) is 0. The largest absolute Gasteiger partial charge is 0.313 e. The quantitative estimate of drug-likeness (QED) is 0.595. The highest BCUT2D eigenvalue weighted by atomic mass is 16.2. The third-order valence-corrected chi connectivity index (χ3v) is 6.63. The van der Waals surface area contributed by atoms with Crippen molar-refractivity contribution >= 4 is 11.8 Å². The van der Waals surface area contributed by atoms with Crippen LogP contribution >= 0.6 is 0 Å². The molecule has 1 unspecified atom stereocenters. The molecule has 1 saturated carbocycles. The zero-order valence-electron chi connectivity index (χ0n) is 16.6. The van der Waals surface area contributed by atoms with Crippen LogP contribution in [0.5, 0.6) is 0 Å². The highest BCUT2D eigenvalue weighted by Gasteiger charge is 2.44. The van der Waals surface area contributed by atoms with Crippen molar-refractivity contribution in [1.82, 2.24) is 25.1 Å². The van der Waals surface area contributed by atoms with Gasteiger partial charge in [-0.3, -0.25) is 19.4 Å². The number of nitrogens with one attached hydrogen (secondary N) is 1. The average molecular weight is 386 g/mol. The van der Waals surface area contributed by atoms with Gasteiger partial charge in [-0.15, -0.1) is 0 Å². The Balaban J connectivity index is 1.26. The molecular weight excluding hydrogens is 354 g/mol. The molecule has 1 aromatic rings. The van der Waals surface area contributed by atoms with Gasteiger partial charge in [-0.05, 0) is 43.7 Å². The van der Waals surface area contributed by atoms with E-state index in [9.17, 15) is 9.59 Å². The number of unbranched alkanes of at least 4 members (excludes halogenated alkanes) is 1. The van der Waals surface area contributed by atoms with E-state index >= 15 is 0 Å². The molecular formula is C21H31N5O2. The van der Waals surface area contributed by atoms with Gasteiger partial charge in [-0.25, -0.2) is 9.97 Å². The molecule has 0 aromatic carbocycles. The van der Waals surface area contributed by atoms with E-state index in [1.165, 1.54) is 4.90 Å². The molecule has 1 N–H and O–H groups in total. The third-order valence-electron chi connectivity index (χ3n) is 6.63. The van der Waals surface area contributed by atoms with Crippen LogP contribution in [-0.2, 0) is 9.59 Å². The number of hydrogen-bond acceptors (Lipinski definition) is 6. The summed E-state index contributed by atoms with van der Waals surface area (Å²) in [6, 6.07) is 2.03. The number of piperazine rings is 1. The molecule has 4 rings (SSSR count). The van der Waals surface area contributed by atoms with E-state index in [0.717, 1.165) is 70.5 Å². The van der Waals surface area contributed by atoms with E-state index < -0.39 is 0 Å². The fourth-order valence-electron chi connectivity index (χ4n) is 5.10. The number of rotatable bonds is 6. The van der Waals surface area contributed by atoms with Gasteiger partial charge in [-0.1, -0.05) is 12.8 Å². The number of carbonyl (C=O) groups is 2. The Kier molecular flexibility index (Phi) is 6.01. The predicted molar refractivity (Wildman–Crippen MR) is 105 cm³/mol. The molecule has 152 valence electrons. The molecule has 1 aromatic heterocycles. The van der Waals surface area contributed by atoms with Crippen LogP contribution in [0.15, 0.2) is 18.5 Å². The van der Waals surface area contributed by atoms with E-state index in [0.29, 0.717) is 19.4 Å². The van der Waals surface area contributed by atoms with Crippen LogP contribution in [0.3, 0.4) is 0 Å². The summed E-state index contributed by atoms with van der Waals surface area (Å²) in [5, 5.41) is 3.42. The topological polar surface area (TPSA) is 78.4 Å². The average Bonchev–Trinajstić information content (AvgIpc) is 3.15. The van der Waals surface area contributed by atoms with E-state index in [-0.39, 0.29) is 23.3 Å². The van der Waals surface area contributed by atoms with Crippen molar-refractivity contribution in [2.75, 3.05) is 32.7 Å². The lowest BCUT2D eigenvalue weighted by atomic mass is 9.76. The number of likely N-dealkylation sites (tertiary alicyclic amines) is 1. The Morgan fingerprint density at radius 3 is 2.43 bits per heavy atom. The first-order chi connectivity index (χ1) is 13.7. The number of aromatic nitrogens is 2. The van der Waals surface area contributed by atoms with Crippen LogP contribution in [0.1, 0.15) is 63.2 Å². The number of carbonyl (C=O) groups excluding carboxylic acids is 2. The molecule has 2 amide bonds. The van der Waals surface area contributed by atoms with Gasteiger partial charge in [0.15, 0.2) is 0 Å². The monoisotopic (exact) mass is 385 g/mol. The lowest BCUT2D eigenvalue weighted by Gasteiger charge is -2.37. The van der Waals surface area contributed by atoms with Crippen LogP contribution < -0.4 is 5.32 Å². The maximum Gasteiger partial charge on any atom is 0.229 e. The zero-order valence-corrected chi connectivity index (χ0v) is 16.6. The van der Waals surface area contributed by atoms with Crippen LogP contribution in [0.2, 0.25) is 0 Å². The Bertz CT molecular complexity index is 669. The molecule has 7 heteroatoms. The van der Waals surface area contributed by atoms with Crippen molar-refractivity contribution in [1.29, 1.82) is 0 Å². The second-order valence-corrected chi connectivity index (χ2v) is 8.57. The molecule has 0 bridgehead atoms. The minimum Gasteiger partial charge on any atom is -0.313 e. The van der Waals surface area contributed by atoms with Crippen LogP contribution in [-0.4, -0.2) is 64.3 Å². The number of hydrogen-bond donors (Lipinski definition) is 1. The predicted octanol–water partition coefficient (Wildman–Crippen LogP) is 1.91.